The highest BCUT2D eigenvalue weighted by Crippen LogP contribution is 2.12. The largest absolute Gasteiger partial charge is 0.479 e. The van der Waals surface area contributed by atoms with Crippen LogP contribution in [0.15, 0.2) is 29.2 Å². The van der Waals surface area contributed by atoms with Crippen molar-refractivity contribution in [1.82, 2.24) is 10.0 Å². The molecule has 9 heteroatoms. The van der Waals surface area contributed by atoms with Gasteiger partial charge in [-0.2, -0.15) is 0 Å². The summed E-state index contributed by atoms with van der Waals surface area (Å²) in [5.74, 6) is -1.88. The Hall–Kier alpha value is -1.97. The zero-order chi connectivity index (χ0) is 17.7. The molecule has 1 amide bonds. The maximum Gasteiger partial charge on any atom is 0.331 e. The van der Waals surface area contributed by atoms with Crippen molar-refractivity contribution in [3.8, 4) is 0 Å². The molecule has 23 heavy (non-hydrogen) atoms. The van der Waals surface area contributed by atoms with E-state index in [-0.39, 0.29) is 23.6 Å². The Morgan fingerprint density at radius 2 is 1.83 bits per heavy atom. The van der Waals surface area contributed by atoms with Crippen LogP contribution in [-0.4, -0.2) is 51.2 Å². The van der Waals surface area contributed by atoms with Gasteiger partial charge in [0.15, 0.2) is 5.54 Å². The predicted octanol–water partition coefficient (Wildman–Crippen LogP) is 0.204. The smallest absolute Gasteiger partial charge is 0.331 e. The standard InChI is InChI=1S/C14H20N2O6S/c1-4-15-23(20,21)11-7-5-10(6-8-11)12(17)16-14(2,9-22-3)13(18)19/h5-8,15H,4,9H2,1-3H3,(H,16,17)(H,18,19). The van der Waals surface area contributed by atoms with Gasteiger partial charge in [-0.15, -0.1) is 0 Å². The number of rotatable bonds is 8. The van der Waals surface area contributed by atoms with E-state index in [4.69, 9.17) is 4.74 Å². The van der Waals surface area contributed by atoms with Crippen molar-refractivity contribution < 1.29 is 27.9 Å². The molecule has 1 atom stereocenters. The Morgan fingerprint density at radius 1 is 1.26 bits per heavy atom. The minimum absolute atomic E-state index is 0.0220. The fourth-order valence-corrected chi connectivity index (χ4v) is 2.86. The molecule has 0 spiro atoms. The second-order valence-corrected chi connectivity index (χ2v) is 6.82. The summed E-state index contributed by atoms with van der Waals surface area (Å²) in [4.78, 5) is 23.4. The Morgan fingerprint density at radius 3 is 2.26 bits per heavy atom. The molecule has 0 heterocycles. The van der Waals surface area contributed by atoms with Crippen LogP contribution in [-0.2, 0) is 19.6 Å². The summed E-state index contributed by atoms with van der Waals surface area (Å²) >= 11 is 0. The molecule has 3 N–H and O–H groups in total. The number of benzene rings is 1. The van der Waals surface area contributed by atoms with Crippen molar-refractivity contribution in [3.05, 3.63) is 29.8 Å². The summed E-state index contributed by atoms with van der Waals surface area (Å²) in [5, 5.41) is 11.6. The van der Waals surface area contributed by atoms with E-state index in [0.717, 1.165) is 0 Å². The number of sulfonamides is 1. The summed E-state index contributed by atoms with van der Waals surface area (Å²) in [7, 11) is -2.28. The first-order valence-electron chi connectivity index (χ1n) is 6.81. The molecule has 0 aliphatic heterocycles. The van der Waals surface area contributed by atoms with Crippen LogP contribution in [0.5, 0.6) is 0 Å². The van der Waals surface area contributed by atoms with E-state index in [1.807, 2.05) is 0 Å². The van der Waals surface area contributed by atoms with Gasteiger partial charge in [0.25, 0.3) is 5.91 Å². The number of hydrogen-bond donors (Lipinski definition) is 3. The average Bonchev–Trinajstić information content (AvgIpc) is 2.47. The Kier molecular flexibility index (Phi) is 6.25. The van der Waals surface area contributed by atoms with E-state index in [0.29, 0.717) is 0 Å². The van der Waals surface area contributed by atoms with Crippen molar-refractivity contribution in [1.29, 1.82) is 0 Å². The van der Waals surface area contributed by atoms with Crippen molar-refractivity contribution in [2.24, 2.45) is 0 Å². The van der Waals surface area contributed by atoms with Gasteiger partial charge >= 0.3 is 5.97 Å². The highest BCUT2D eigenvalue weighted by atomic mass is 32.2. The number of hydrogen-bond acceptors (Lipinski definition) is 5. The molecule has 0 aromatic heterocycles. The third kappa shape index (κ3) is 4.75. The summed E-state index contributed by atoms with van der Waals surface area (Å²) in [6.07, 6.45) is 0. The molecule has 0 aliphatic carbocycles. The lowest BCUT2D eigenvalue weighted by Crippen LogP contribution is -2.55. The fourth-order valence-electron chi connectivity index (χ4n) is 1.82. The van der Waals surface area contributed by atoms with Gasteiger partial charge in [-0.1, -0.05) is 6.92 Å². The van der Waals surface area contributed by atoms with Crippen LogP contribution in [0.4, 0.5) is 0 Å². The molecule has 128 valence electrons. The Balaban J connectivity index is 2.96. The summed E-state index contributed by atoms with van der Waals surface area (Å²) < 4.78 is 30.8. The average molecular weight is 344 g/mol. The lowest BCUT2D eigenvalue weighted by atomic mass is 10.0. The number of aliphatic carboxylic acids is 1. The highest BCUT2D eigenvalue weighted by molar-refractivity contribution is 7.89. The predicted molar refractivity (Wildman–Crippen MR) is 82.7 cm³/mol. The maximum absolute atomic E-state index is 12.1. The van der Waals surface area contributed by atoms with E-state index in [1.165, 1.54) is 38.3 Å². The van der Waals surface area contributed by atoms with E-state index < -0.39 is 27.4 Å². The molecule has 0 saturated carbocycles. The summed E-state index contributed by atoms with van der Waals surface area (Å²) in [5.41, 5.74) is -1.44. The molecule has 1 rings (SSSR count). The Bertz CT molecular complexity index is 671. The maximum atomic E-state index is 12.1. The number of carbonyl (C=O) groups is 2. The number of carboxylic acid groups (broad SMARTS) is 1. The molecular weight excluding hydrogens is 324 g/mol. The number of carbonyl (C=O) groups excluding carboxylic acids is 1. The number of ether oxygens (including phenoxy) is 1. The third-order valence-electron chi connectivity index (χ3n) is 3.06. The van der Waals surface area contributed by atoms with Crippen molar-refractivity contribution in [2.75, 3.05) is 20.3 Å². The first kappa shape index (κ1) is 19.1. The van der Waals surface area contributed by atoms with E-state index in [1.54, 1.807) is 6.92 Å². The molecule has 0 fully saturated rings. The fraction of sp³-hybridized carbons (Fsp3) is 0.429. The summed E-state index contributed by atoms with van der Waals surface area (Å²) in [6, 6.07) is 5.19. The number of amides is 1. The second-order valence-electron chi connectivity index (χ2n) is 5.05. The lowest BCUT2D eigenvalue weighted by Gasteiger charge is -2.25. The van der Waals surface area contributed by atoms with Crippen molar-refractivity contribution >= 4 is 21.9 Å². The quantitative estimate of drug-likeness (QED) is 0.619. The van der Waals surface area contributed by atoms with Crippen LogP contribution in [0.1, 0.15) is 24.2 Å². The molecule has 8 nitrogen and oxygen atoms in total. The van der Waals surface area contributed by atoms with Crippen LogP contribution >= 0.6 is 0 Å². The number of methoxy groups -OCH3 is 1. The Labute approximate surface area is 134 Å². The minimum Gasteiger partial charge on any atom is -0.479 e. The van der Waals surface area contributed by atoms with Crippen LogP contribution in [0.25, 0.3) is 0 Å². The molecule has 1 unspecified atom stereocenters. The molecule has 0 bridgehead atoms. The van der Waals surface area contributed by atoms with Gasteiger partial charge in [0, 0.05) is 19.2 Å². The molecule has 1 aromatic carbocycles. The number of carboxylic acids is 1. The third-order valence-corrected chi connectivity index (χ3v) is 4.62. The molecule has 0 aliphatic rings. The first-order valence-corrected chi connectivity index (χ1v) is 8.29. The molecule has 0 radical (unpaired) electrons. The van der Waals surface area contributed by atoms with E-state index in [9.17, 15) is 23.1 Å². The van der Waals surface area contributed by atoms with Gasteiger partial charge in [-0.3, -0.25) is 4.79 Å². The monoisotopic (exact) mass is 344 g/mol. The number of nitrogens with one attached hydrogen (secondary N) is 2. The van der Waals surface area contributed by atoms with Gasteiger partial charge in [-0.05, 0) is 31.2 Å². The van der Waals surface area contributed by atoms with Crippen LogP contribution in [0.3, 0.4) is 0 Å². The lowest BCUT2D eigenvalue weighted by molar-refractivity contribution is -0.145. The first-order chi connectivity index (χ1) is 10.7. The zero-order valence-corrected chi connectivity index (χ0v) is 13.9. The topological polar surface area (TPSA) is 122 Å². The van der Waals surface area contributed by atoms with Crippen LogP contribution < -0.4 is 10.0 Å². The van der Waals surface area contributed by atoms with E-state index >= 15 is 0 Å². The SMILES string of the molecule is CCNS(=O)(=O)c1ccc(C(=O)NC(C)(COC)C(=O)O)cc1. The minimum atomic E-state index is -3.61. The van der Waals surface area contributed by atoms with Gasteiger partial charge < -0.3 is 15.2 Å². The van der Waals surface area contributed by atoms with Gasteiger partial charge in [0.05, 0.1) is 11.5 Å². The molecule has 1 aromatic rings. The normalized spacial score (nSPS) is 14.0. The van der Waals surface area contributed by atoms with Crippen LogP contribution in [0, 0.1) is 0 Å². The van der Waals surface area contributed by atoms with Crippen LogP contribution in [0.2, 0.25) is 0 Å². The molecular formula is C14H20N2O6S. The van der Waals surface area contributed by atoms with Crippen molar-refractivity contribution in [2.45, 2.75) is 24.3 Å². The van der Waals surface area contributed by atoms with Crippen molar-refractivity contribution in [3.63, 3.8) is 0 Å². The second kappa shape index (κ2) is 7.53. The zero-order valence-electron chi connectivity index (χ0n) is 13.1. The van der Waals surface area contributed by atoms with Gasteiger partial charge in [0.1, 0.15) is 0 Å². The molecule has 0 saturated heterocycles. The summed E-state index contributed by atoms with van der Waals surface area (Å²) in [6.45, 7) is 3.02. The van der Waals surface area contributed by atoms with Gasteiger partial charge in [-0.25, -0.2) is 17.9 Å². The van der Waals surface area contributed by atoms with E-state index in [2.05, 4.69) is 10.0 Å². The highest BCUT2D eigenvalue weighted by Gasteiger charge is 2.35. The van der Waals surface area contributed by atoms with Gasteiger partial charge in [0.2, 0.25) is 10.0 Å².